The molecular weight excluding hydrogens is 152 g/mol. The molecule has 11 heavy (non-hydrogen) atoms. The van der Waals surface area contributed by atoms with E-state index in [4.69, 9.17) is 23.7 Å². The van der Waals surface area contributed by atoms with E-state index >= 15 is 0 Å². The summed E-state index contributed by atoms with van der Waals surface area (Å²) in [6.07, 6.45) is 16.1. The van der Waals surface area contributed by atoms with Gasteiger partial charge in [0.1, 0.15) is 10.5 Å². The molecule has 0 N–H and O–H groups in total. The molecule has 0 atom stereocenters. The van der Waals surface area contributed by atoms with E-state index in [2.05, 4.69) is 17.8 Å². The summed E-state index contributed by atoms with van der Waals surface area (Å²) >= 11 is 0. The lowest BCUT2D eigenvalue weighted by Crippen LogP contribution is -2.15. The lowest BCUT2D eigenvalue weighted by Gasteiger charge is -2.13. The van der Waals surface area contributed by atoms with Crippen LogP contribution in [0, 0.1) is 42.4 Å². The van der Waals surface area contributed by atoms with Gasteiger partial charge in [0, 0.05) is 13.0 Å². The number of rotatable bonds is 3. The lowest BCUT2D eigenvalue weighted by atomic mass is 9.88. The second-order valence-electron chi connectivity index (χ2n) is 2.08. The van der Waals surface area contributed by atoms with Crippen molar-refractivity contribution in [3.63, 3.8) is 0 Å². The topological polar surface area (TPSA) is 9.23 Å². The quantitative estimate of drug-likeness (QED) is 0.404. The maximum atomic E-state index is 5.19. The smallest absolute Gasteiger partial charge is 0.153 e. The molecule has 56 valence electrons. The average Bonchev–Trinajstić information content (AvgIpc) is 2.08. The van der Waals surface area contributed by atoms with E-state index in [1.807, 2.05) is 0 Å². The molecule has 0 aromatic rings. The van der Waals surface area contributed by atoms with Crippen molar-refractivity contribution in [3.05, 3.63) is 0 Å². The summed E-state index contributed by atoms with van der Waals surface area (Å²) in [7, 11) is 0.684. The van der Waals surface area contributed by atoms with Gasteiger partial charge in [-0.1, -0.05) is 17.8 Å². The Morgan fingerprint density at radius 3 is 1.91 bits per heavy atom. The maximum Gasteiger partial charge on any atom is 0.153 e. The van der Waals surface area contributed by atoms with Gasteiger partial charge in [0.2, 0.25) is 0 Å². The third-order valence-electron chi connectivity index (χ3n) is 1.42. The normalized spacial score (nSPS) is 9.55. The van der Waals surface area contributed by atoms with Crippen LogP contribution < -0.4 is 0 Å². The standard InChI is InChI=1S/C9H10OSi/c1-4-9(5-2,6-3)7-8-10-11/h1-3H,7-8H2,11H3. The fourth-order valence-electron chi connectivity index (χ4n) is 0.597. The predicted octanol–water partition coefficient (Wildman–Crippen LogP) is -0.441. The van der Waals surface area contributed by atoms with Crippen molar-refractivity contribution < 1.29 is 4.43 Å². The maximum absolute atomic E-state index is 5.19. The van der Waals surface area contributed by atoms with Gasteiger partial charge in [-0.3, -0.25) is 0 Å². The van der Waals surface area contributed by atoms with Crippen molar-refractivity contribution in [1.82, 2.24) is 0 Å². The minimum Gasteiger partial charge on any atom is -0.428 e. The molecule has 0 fully saturated rings. The van der Waals surface area contributed by atoms with Crippen LogP contribution in [0.4, 0.5) is 0 Å². The second-order valence-corrected chi connectivity index (χ2v) is 2.66. The molecule has 0 aliphatic heterocycles. The van der Waals surface area contributed by atoms with Crippen LogP contribution in [0.1, 0.15) is 6.42 Å². The minimum absolute atomic E-state index is 0.542. The van der Waals surface area contributed by atoms with E-state index in [1.54, 1.807) is 0 Å². The van der Waals surface area contributed by atoms with Gasteiger partial charge in [0.15, 0.2) is 5.41 Å². The summed E-state index contributed by atoms with van der Waals surface area (Å²) in [5.41, 5.74) is -0.843. The highest BCUT2D eigenvalue weighted by molar-refractivity contribution is 5.97. The molecule has 0 amide bonds. The lowest BCUT2D eigenvalue weighted by molar-refractivity contribution is 0.318. The first kappa shape index (κ1) is 9.86. The van der Waals surface area contributed by atoms with Crippen LogP contribution in [0.5, 0.6) is 0 Å². The first-order valence-electron chi connectivity index (χ1n) is 3.17. The fraction of sp³-hybridized carbons (Fsp3) is 0.333. The highest BCUT2D eigenvalue weighted by Gasteiger charge is 2.20. The molecule has 2 heteroatoms. The molecule has 0 bridgehead atoms. The third kappa shape index (κ3) is 2.52. The van der Waals surface area contributed by atoms with Crippen molar-refractivity contribution >= 4 is 10.5 Å². The van der Waals surface area contributed by atoms with Gasteiger partial charge in [-0.05, 0) is 0 Å². The Morgan fingerprint density at radius 1 is 1.18 bits per heavy atom. The summed E-state index contributed by atoms with van der Waals surface area (Å²) in [5, 5.41) is 0. The van der Waals surface area contributed by atoms with Crippen LogP contribution >= 0.6 is 0 Å². The number of terminal acetylenes is 3. The number of hydrogen-bond donors (Lipinski definition) is 0. The van der Waals surface area contributed by atoms with Crippen LogP contribution in [0.2, 0.25) is 0 Å². The molecule has 0 aliphatic carbocycles. The van der Waals surface area contributed by atoms with Crippen molar-refractivity contribution in [2.24, 2.45) is 5.41 Å². The molecule has 0 spiro atoms. The van der Waals surface area contributed by atoms with Gasteiger partial charge in [0.25, 0.3) is 0 Å². The van der Waals surface area contributed by atoms with Gasteiger partial charge >= 0.3 is 0 Å². The highest BCUT2D eigenvalue weighted by atomic mass is 28.2. The Bertz CT molecular complexity index is 200. The molecule has 1 nitrogen and oxygen atoms in total. The Hall–Kier alpha value is -1.14. The van der Waals surface area contributed by atoms with E-state index in [-0.39, 0.29) is 0 Å². The molecule has 0 saturated carbocycles. The van der Waals surface area contributed by atoms with Crippen LogP contribution in [-0.4, -0.2) is 17.1 Å². The van der Waals surface area contributed by atoms with Gasteiger partial charge in [-0.25, -0.2) is 0 Å². The molecule has 0 aliphatic rings. The molecule has 0 unspecified atom stereocenters. The SMILES string of the molecule is C#CC(C#C)(C#C)CCO[SiH3]. The van der Waals surface area contributed by atoms with Gasteiger partial charge < -0.3 is 4.43 Å². The molecule has 0 aromatic carbocycles. The summed E-state index contributed by atoms with van der Waals surface area (Å²) < 4.78 is 4.96. The second kappa shape index (κ2) is 4.64. The Kier molecular flexibility index (Phi) is 4.16. The Labute approximate surface area is 71.1 Å². The van der Waals surface area contributed by atoms with E-state index in [0.29, 0.717) is 23.5 Å². The summed E-state index contributed by atoms with van der Waals surface area (Å²) in [4.78, 5) is 0. The van der Waals surface area contributed by atoms with Crippen LogP contribution in [-0.2, 0) is 4.43 Å². The third-order valence-corrected chi connectivity index (χ3v) is 1.83. The van der Waals surface area contributed by atoms with Crippen LogP contribution in [0.15, 0.2) is 0 Å². The fourth-order valence-corrected chi connectivity index (χ4v) is 0.801. The predicted molar refractivity (Wildman–Crippen MR) is 49.4 cm³/mol. The van der Waals surface area contributed by atoms with Crippen LogP contribution in [0.25, 0.3) is 0 Å². The zero-order chi connectivity index (χ0) is 8.74. The first-order valence-corrected chi connectivity index (χ1v) is 3.98. The van der Waals surface area contributed by atoms with E-state index in [1.165, 1.54) is 0 Å². The van der Waals surface area contributed by atoms with Crippen molar-refractivity contribution in [1.29, 1.82) is 0 Å². The molecule has 0 saturated heterocycles. The first-order chi connectivity index (χ1) is 5.24. The molecule has 0 rings (SSSR count). The van der Waals surface area contributed by atoms with Crippen molar-refractivity contribution in [2.75, 3.05) is 6.61 Å². The van der Waals surface area contributed by atoms with Gasteiger partial charge in [-0.15, -0.1) is 19.3 Å². The molecular formula is C9H10OSi. The number of hydrogen-bond acceptors (Lipinski definition) is 1. The van der Waals surface area contributed by atoms with Gasteiger partial charge in [-0.2, -0.15) is 0 Å². The van der Waals surface area contributed by atoms with E-state index < -0.39 is 5.41 Å². The summed E-state index contributed by atoms with van der Waals surface area (Å²) in [6, 6.07) is 0. The van der Waals surface area contributed by atoms with E-state index in [0.717, 1.165) is 0 Å². The monoisotopic (exact) mass is 162 g/mol. The molecule has 0 radical (unpaired) electrons. The zero-order valence-corrected chi connectivity index (χ0v) is 8.55. The molecule has 0 heterocycles. The van der Waals surface area contributed by atoms with Crippen LogP contribution in [0.3, 0.4) is 0 Å². The largest absolute Gasteiger partial charge is 0.428 e. The van der Waals surface area contributed by atoms with Crippen molar-refractivity contribution in [2.45, 2.75) is 6.42 Å². The average molecular weight is 162 g/mol. The van der Waals surface area contributed by atoms with Crippen molar-refractivity contribution in [3.8, 4) is 37.0 Å². The Morgan fingerprint density at radius 2 is 1.64 bits per heavy atom. The summed E-state index contributed by atoms with van der Waals surface area (Å²) in [6.45, 7) is 0.546. The van der Waals surface area contributed by atoms with E-state index in [9.17, 15) is 0 Å². The minimum atomic E-state index is -0.843. The highest BCUT2D eigenvalue weighted by Crippen LogP contribution is 2.17. The zero-order valence-electron chi connectivity index (χ0n) is 6.55. The Balaban J connectivity index is 4.28. The molecule has 0 aromatic heterocycles. The summed E-state index contributed by atoms with van der Waals surface area (Å²) in [5.74, 6) is 7.24. The van der Waals surface area contributed by atoms with Gasteiger partial charge in [0.05, 0.1) is 0 Å².